The van der Waals surface area contributed by atoms with E-state index in [9.17, 15) is 9.59 Å². The fourth-order valence-electron chi connectivity index (χ4n) is 3.80. The molecule has 5 heteroatoms. The Balaban J connectivity index is 1.79. The lowest BCUT2D eigenvalue weighted by molar-refractivity contribution is -0.154. The molecule has 0 aliphatic carbocycles. The minimum absolute atomic E-state index is 0.0404. The summed E-state index contributed by atoms with van der Waals surface area (Å²) in [6, 6.07) is 0.167. The minimum atomic E-state index is -0.611. The maximum atomic E-state index is 12.8. The Morgan fingerprint density at radius 1 is 1.55 bits per heavy atom. The number of amides is 1. The number of carbonyl (C=O) groups is 2. The topological polar surface area (TPSA) is 55.8 Å². The lowest BCUT2D eigenvalue weighted by Crippen LogP contribution is -2.41. The third kappa shape index (κ3) is 2.18. The predicted molar refractivity (Wildman–Crippen MR) is 81.1 cm³/mol. The van der Waals surface area contributed by atoms with Crippen molar-refractivity contribution < 1.29 is 19.1 Å². The van der Waals surface area contributed by atoms with Crippen molar-refractivity contribution in [2.24, 2.45) is 11.8 Å². The van der Waals surface area contributed by atoms with Gasteiger partial charge in [0.2, 0.25) is 5.91 Å². The van der Waals surface area contributed by atoms with Crippen LogP contribution in [0.4, 0.5) is 0 Å². The smallest absolute Gasteiger partial charge is 0.312 e. The molecular weight excluding hydrogens is 282 g/mol. The summed E-state index contributed by atoms with van der Waals surface area (Å²) in [5, 5.41) is 0. The molecule has 3 aliphatic rings. The van der Waals surface area contributed by atoms with E-state index in [2.05, 4.69) is 13.8 Å². The first-order chi connectivity index (χ1) is 10.5. The molecule has 0 aromatic carbocycles. The van der Waals surface area contributed by atoms with E-state index < -0.39 is 17.4 Å². The third-order valence-electron chi connectivity index (χ3n) is 5.27. The van der Waals surface area contributed by atoms with E-state index in [0.717, 1.165) is 19.3 Å². The van der Waals surface area contributed by atoms with Crippen LogP contribution in [0.1, 0.15) is 40.0 Å². The van der Waals surface area contributed by atoms with Crippen LogP contribution in [0, 0.1) is 11.8 Å². The SMILES string of the molecule is CCCCOC(=O)C1C2C=CC3(CN(C(C)CC)C(=O)C13)O2. The Morgan fingerprint density at radius 3 is 3.00 bits per heavy atom. The Bertz CT molecular complexity index is 503. The van der Waals surface area contributed by atoms with Gasteiger partial charge in [0.15, 0.2) is 0 Å². The van der Waals surface area contributed by atoms with Crippen molar-refractivity contribution in [1.29, 1.82) is 0 Å². The Kier molecular flexibility index (Phi) is 4.02. The number of fused-ring (bicyclic) bond motifs is 1. The number of nitrogens with zero attached hydrogens (tertiary/aromatic N) is 1. The quantitative estimate of drug-likeness (QED) is 0.427. The maximum absolute atomic E-state index is 12.8. The molecule has 2 saturated heterocycles. The molecule has 5 atom stereocenters. The van der Waals surface area contributed by atoms with Gasteiger partial charge in [0.1, 0.15) is 11.5 Å². The average Bonchev–Trinajstić information content (AvgIpc) is 3.15. The Hall–Kier alpha value is -1.36. The summed E-state index contributed by atoms with van der Waals surface area (Å²) < 4.78 is 11.4. The molecule has 2 bridgehead atoms. The van der Waals surface area contributed by atoms with Gasteiger partial charge in [-0.3, -0.25) is 9.59 Å². The molecule has 0 aromatic rings. The van der Waals surface area contributed by atoms with E-state index in [0.29, 0.717) is 13.2 Å². The molecule has 22 heavy (non-hydrogen) atoms. The summed E-state index contributed by atoms with van der Waals surface area (Å²) in [6.45, 7) is 7.13. The Morgan fingerprint density at radius 2 is 2.32 bits per heavy atom. The number of rotatable bonds is 6. The summed E-state index contributed by atoms with van der Waals surface area (Å²) >= 11 is 0. The summed E-state index contributed by atoms with van der Waals surface area (Å²) in [5.41, 5.74) is -0.611. The van der Waals surface area contributed by atoms with Gasteiger partial charge < -0.3 is 14.4 Å². The molecular formula is C17H25NO4. The second-order valence-corrected chi connectivity index (χ2v) is 6.64. The standard InChI is InChI=1S/C17H25NO4/c1-4-6-9-21-16(20)13-12-7-8-17(22-12)10-18(11(3)5-2)15(19)14(13)17/h7-8,11-14H,4-6,9-10H2,1-3H3. The number of esters is 1. The molecule has 0 aromatic heterocycles. The van der Waals surface area contributed by atoms with Crippen molar-refractivity contribution in [3.63, 3.8) is 0 Å². The first-order valence-corrected chi connectivity index (χ1v) is 8.38. The van der Waals surface area contributed by atoms with Crippen LogP contribution in [0.3, 0.4) is 0 Å². The Labute approximate surface area is 131 Å². The van der Waals surface area contributed by atoms with Crippen molar-refractivity contribution >= 4 is 11.9 Å². The first-order valence-electron chi connectivity index (χ1n) is 8.38. The molecule has 1 amide bonds. The highest BCUT2D eigenvalue weighted by molar-refractivity contribution is 5.91. The summed E-state index contributed by atoms with van der Waals surface area (Å²) in [6.07, 6.45) is 6.33. The summed E-state index contributed by atoms with van der Waals surface area (Å²) in [4.78, 5) is 27.1. The van der Waals surface area contributed by atoms with Gasteiger partial charge >= 0.3 is 5.97 Å². The largest absolute Gasteiger partial charge is 0.465 e. The van der Waals surface area contributed by atoms with E-state index in [1.54, 1.807) is 0 Å². The number of carbonyl (C=O) groups excluding carboxylic acids is 2. The summed E-state index contributed by atoms with van der Waals surface area (Å²) in [7, 11) is 0. The van der Waals surface area contributed by atoms with Gasteiger partial charge in [-0.1, -0.05) is 32.4 Å². The van der Waals surface area contributed by atoms with Gasteiger partial charge in [0, 0.05) is 6.04 Å². The van der Waals surface area contributed by atoms with Gasteiger partial charge in [-0.15, -0.1) is 0 Å². The lowest BCUT2D eigenvalue weighted by Gasteiger charge is -2.26. The average molecular weight is 307 g/mol. The molecule has 5 nitrogen and oxygen atoms in total. The highest BCUT2D eigenvalue weighted by Gasteiger charge is 2.67. The van der Waals surface area contributed by atoms with Crippen LogP contribution in [0.25, 0.3) is 0 Å². The zero-order chi connectivity index (χ0) is 15.9. The number of ether oxygens (including phenoxy) is 2. The van der Waals surface area contributed by atoms with Crippen molar-refractivity contribution in [3.8, 4) is 0 Å². The highest BCUT2D eigenvalue weighted by atomic mass is 16.6. The van der Waals surface area contributed by atoms with Crippen molar-refractivity contribution in [3.05, 3.63) is 12.2 Å². The number of likely N-dealkylation sites (tertiary alicyclic amines) is 1. The molecule has 0 radical (unpaired) electrons. The molecule has 3 rings (SSSR count). The van der Waals surface area contributed by atoms with Crippen LogP contribution in [0.15, 0.2) is 12.2 Å². The predicted octanol–water partition coefficient (Wildman–Crippen LogP) is 1.91. The lowest BCUT2D eigenvalue weighted by atomic mass is 9.77. The van der Waals surface area contributed by atoms with Gasteiger partial charge in [-0.25, -0.2) is 0 Å². The minimum Gasteiger partial charge on any atom is -0.465 e. The molecule has 3 aliphatic heterocycles. The van der Waals surface area contributed by atoms with E-state index >= 15 is 0 Å². The van der Waals surface area contributed by atoms with E-state index in [4.69, 9.17) is 9.47 Å². The molecule has 0 N–H and O–H groups in total. The highest BCUT2D eigenvalue weighted by Crippen LogP contribution is 2.52. The van der Waals surface area contributed by atoms with Crippen LogP contribution < -0.4 is 0 Å². The van der Waals surface area contributed by atoms with Crippen LogP contribution in [-0.2, 0) is 19.1 Å². The fraction of sp³-hybridized carbons (Fsp3) is 0.765. The molecule has 1 spiro atoms. The molecule has 2 fully saturated rings. The molecule has 0 saturated carbocycles. The molecule has 5 unspecified atom stereocenters. The van der Waals surface area contributed by atoms with E-state index in [1.807, 2.05) is 24.0 Å². The zero-order valence-corrected chi connectivity index (χ0v) is 13.6. The van der Waals surface area contributed by atoms with Crippen LogP contribution >= 0.6 is 0 Å². The number of unbranched alkanes of at least 4 members (excludes halogenated alkanes) is 1. The van der Waals surface area contributed by atoms with Crippen molar-refractivity contribution in [1.82, 2.24) is 4.90 Å². The zero-order valence-electron chi connectivity index (χ0n) is 13.6. The normalized spacial score (nSPS) is 36.8. The van der Waals surface area contributed by atoms with Gasteiger partial charge in [-0.05, 0) is 19.8 Å². The number of hydrogen-bond acceptors (Lipinski definition) is 4. The van der Waals surface area contributed by atoms with E-state index in [-0.39, 0.29) is 24.0 Å². The van der Waals surface area contributed by atoms with Crippen molar-refractivity contribution in [2.75, 3.05) is 13.2 Å². The molecule has 122 valence electrons. The second-order valence-electron chi connectivity index (χ2n) is 6.64. The van der Waals surface area contributed by atoms with Gasteiger partial charge in [0.05, 0.1) is 25.2 Å². The number of hydrogen-bond donors (Lipinski definition) is 0. The molecule has 3 heterocycles. The van der Waals surface area contributed by atoms with E-state index in [1.165, 1.54) is 0 Å². The fourth-order valence-corrected chi connectivity index (χ4v) is 3.80. The second kappa shape index (κ2) is 5.69. The first kappa shape index (κ1) is 15.5. The van der Waals surface area contributed by atoms with Crippen LogP contribution in [0.5, 0.6) is 0 Å². The van der Waals surface area contributed by atoms with Gasteiger partial charge in [0.25, 0.3) is 0 Å². The van der Waals surface area contributed by atoms with Crippen LogP contribution in [0.2, 0.25) is 0 Å². The monoisotopic (exact) mass is 307 g/mol. The third-order valence-corrected chi connectivity index (χ3v) is 5.27. The van der Waals surface area contributed by atoms with Gasteiger partial charge in [-0.2, -0.15) is 0 Å². The summed E-state index contributed by atoms with van der Waals surface area (Å²) in [5.74, 6) is -1.14. The van der Waals surface area contributed by atoms with Crippen molar-refractivity contribution in [2.45, 2.75) is 57.8 Å². The van der Waals surface area contributed by atoms with Crippen LogP contribution in [-0.4, -0.2) is 47.7 Å². The maximum Gasteiger partial charge on any atom is 0.312 e.